The maximum absolute atomic E-state index is 13.6. The van der Waals surface area contributed by atoms with Crippen LogP contribution in [0, 0.1) is 0 Å². The predicted molar refractivity (Wildman–Crippen MR) is 149 cm³/mol. The third kappa shape index (κ3) is 8.54. The van der Waals surface area contributed by atoms with Crippen LogP contribution in [0.4, 0.5) is 0 Å². The van der Waals surface area contributed by atoms with E-state index in [2.05, 4.69) is 28.2 Å². The molecule has 2 amide bonds. The topological polar surface area (TPSA) is 58.6 Å². The lowest BCUT2D eigenvalue weighted by molar-refractivity contribution is -0.142. The van der Waals surface area contributed by atoms with Crippen molar-refractivity contribution >= 4 is 50.9 Å². The highest BCUT2D eigenvalue weighted by Crippen LogP contribution is 2.24. The fourth-order valence-electron chi connectivity index (χ4n) is 3.65. The smallest absolute Gasteiger partial charge is 0.261 e. The maximum Gasteiger partial charge on any atom is 0.261 e. The molecule has 5 nitrogen and oxygen atoms in total. The Morgan fingerprint density at radius 3 is 2.36 bits per heavy atom. The van der Waals surface area contributed by atoms with Gasteiger partial charge >= 0.3 is 0 Å². The van der Waals surface area contributed by atoms with E-state index in [1.165, 1.54) is 0 Å². The van der Waals surface area contributed by atoms with E-state index < -0.39 is 6.04 Å². The minimum Gasteiger partial charge on any atom is -0.484 e. The Hall–Kier alpha value is -2.54. The molecular formula is C28H29BrCl2N2O3. The molecule has 8 heteroatoms. The van der Waals surface area contributed by atoms with Crippen molar-refractivity contribution in [1.29, 1.82) is 0 Å². The van der Waals surface area contributed by atoms with Crippen LogP contribution in [0.15, 0.2) is 77.3 Å². The zero-order valence-electron chi connectivity index (χ0n) is 20.1. The molecule has 0 radical (unpaired) electrons. The van der Waals surface area contributed by atoms with Crippen LogP contribution in [0.2, 0.25) is 10.0 Å². The summed E-state index contributed by atoms with van der Waals surface area (Å²) in [6.07, 6.45) is 2.18. The first kappa shape index (κ1) is 28.0. The minimum absolute atomic E-state index is 0.179. The number of ether oxygens (including phenoxy) is 1. The molecule has 1 unspecified atom stereocenters. The van der Waals surface area contributed by atoms with E-state index in [0.29, 0.717) is 28.8 Å². The maximum atomic E-state index is 13.6. The third-order valence-electron chi connectivity index (χ3n) is 5.61. The van der Waals surface area contributed by atoms with E-state index in [0.717, 1.165) is 28.4 Å². The van der Waals surface area contributed by atoms with Gasteiger partial charge in [0.1, 0.15) is 11.8 Å². The zero-order valence-corrected chi connectivity index (χ0v) is 23.2. The number of carbonyl (C=O) groups is 2. The molecule has 36 heavy (non-hydrogen) atoms. The lowest BCUT2D eigenvalue weighted by Crippen LogP contribution is -2.51. The van der Waals surface area contributed by atoms with Crippen LogP contribution in [-0.4, -0.2) is 35.9 Å². The van der Waals surface area contributed by atoms with Crippen LogP contribution < -0.4 is 10.1 Å². The molecule has 3 aromatic carbocycles. The second-order valence-corrected chi connectivity index (χ2v) is 10.1. The Labute approximate surface area is 230 Å². The molecule has 190 valence electrons. The predicted octanol–water partition coefficient (Wildman–Crippen LogP) is 6.69. The van der Waals surface area contributed by atoms with E-state index in [-0.39, 0.29) is 25.0 Å². The van der Waals surface area contributed by atoms with Gasteiger partial charge in [-0.25, -0.2) is 0 Å². The quantitative estimate of drug-likeness (QED) is 0.239. The summed E-state index contributed by atoms with van der Waals surface area (Å²) in [7, 11) is 0. The van der Waals surface area contributed by atoms with Crippen molar-refractivity contribution in [3.63, 3.8) is 0 Å². The van der Waals surface area contributed by atoms with Crippen LogP contribution in [0.25, 0.3) is 0 Å². The van der Waals surface area contributed by atoms with Gasteiger partial charge in [-0.2, -0.15) is 0 Å². The standard InChI is InChI=1S/C28H29BrCl2N2O3/c1-2-3-15-32-28(35)26(17-20-7-5-4-6-8-20)33(18-21-9-14-24(30)25(31)16-21)27(34)19-36-23-12-10-22(29)11-13-23/h4-14,16,26H,2-3,15,17-19H2,1H3,(H,32,35). The van der Waals surface area contributed by atoms with Gasteiger partial charge in [0.05, 0.1) is 10.0 Å². The summed E-state index contributed by atoms with van der Waals surface area (Å²) in [4.78, 5) is 28.5. The first-order valence-corrected chi connectivity index (χ1v) is 13.4. The zero-order chi connectivity index (χ0) is 25.9. The Kier molecular flexibility index (Phi) is 11.1. The molecule has 0 aromatic heterocycles. The molecule has 3 aromatic rings. The number of rotatable bonds is 12. The Balaban J connectivity index is 1.89. The molecular weight excluding hydrogens is 563 g/mol. The fourth-order valence-corrected chi connectivity index (χ4v) is 4.24. The average molecular weight is 592 g/mol. The summed E-state index contributed by atoms with van der Waals surface area (Å²) >= 11 is 15.7. The highest BCUT2D eigenvalue weighted by molar-refractivity contribution is 9.10. The number of carbonyl (C=O) groups excluding carboxylic acids is 2. The molecule has 0 aliphatic rings. The molecule has 0 heterocycles. The van der Waals surface area contributed by atoms with E-state index in [4.69, 9.17) is 27.9 Å². The van der Waals surface area contributed by atoms with Gasteiger partial charge in [0.2, 0.25) is 5.91 Å². The summed E-state index contributed by atoms with van der Waals surface area (Å²) in [6, 6.07) is 21.4. The van der Waals surface area contributed by atoms with Crippen molar-refractivity contribution in [1.82, 2.24) is 10.2 Å². The molecule has 1 atom stereocenters. The van der Waals surface area contributed by atoms with Crippen molar-refractivity contribution in [2.24, 2.45) is 0 Å². The number of unbranched alkanes of at least 4 members (excludes halogenated alkanes) is 1. The van der Waals surface area contributed by atoms with Gasteiger partial charge in [0, 0.05) is 24.0 Å². The van der Waals surface area contributed by atoms with Gasteiger partial charge in [0.15, 0.2) is 6.61 Å². The van der Waals surface area contributed by atoms with Crippen molar-refractivity contribution < 1.29 is 14.3 Å². The largest absolute Gasteiger partial charge is 0.484 e. The highest BCUT2D eigenvalue weighted by atomic mass is 79.9. The molecule has 1 N–H and O–H groups in total. The van der Waals surface area contributed by atoms with Gasteiger partial charge in [-0.05, 0) is 53.9 Å². The highest BCUT2D eigenvalue weighted by Gasteiger charge is 2.30. The van der Waals surface area contributed by atoms with Crippen LogP contribution in [-0.2, 0) is 22.6 Å². The average Bonchev–Trinajstić information content (AvgIpc) is 2.88. The van der Waals surface area contributed by atoms with Crippen LogP contribution in [0.1, 0.15) is 30.9 Å². The number of hydrogen-bond donors (Lipinski definition) is 1. The summed E-state index contributed by atoms with van der Waals surface area (Å²) < 4.78 is 6.68. The number of halogens is 3. The number of benzene rings is 3. The van der Waals surface area contributed by atoms with Gasteiger partial charge in [-0.1, -0.05) is 88.9 Å². The van der Waals surface area contributed by atoms with Crippen LogP contribution in [0.5, 0.6) is 5.75 Å². The minimum atomic E-state index is -0.736. The number of nitrogens with zero attached hydrogens (tertiary/aromatic N) is 1. The summed E-state index contributed by atoms with van der Waals surface area (Å²) in [5.41, 5.74) is 1.72. The van der Waals surface area contributed by atoms with Gasteiger partial charge in [-0.3, -0.25) is 9.59 Å². The van der Waals surface area contributed by atoms with Gasteiger partial charge < -0.3 is 15.0 Å². The van der Waals surface area contributed by atoms with E-state index >= 15 is 0 Å². The van der Waals surface area contributed by atoms with E-state index in [1.807, 2.05) is 42.5 Å². The molecule has 0 saturated carbocycles. The van der Waals surface area contributed by atoms with E-state index in [1.54, 1.807) is 35.2 Å². The molecule has 0 fully saturated rings. The SMILES string of the molecule is CCCCNC(=O)C(Cc1ccccc1)N(Cc1ccc(Cl)c(Cl)c1)C(=O)COc1ccc(Br)cc1. The second-order valence-electron chi connectivity index (χ2n) is 8.36. The Morgan fingerprint density at radius 2 is 1.69 bits per heavy atom. The van der Waals surface area contributed by atoms with Crippen molar-refractivity contribution in [2.45, 2.75) is 38.8 Å². The normalized spacial score (nSPS) is 11.6. The first-order valence-electron chi connectivity index (χ1n) is 11.8. The van der Waals surface area contributed by atoms with Crippen molar-refractivity contribution in [3.8, 4) is 5.75 Å². The monoisotopic (exact) mass is 590 g/mol. The Morgan fingerprint density at radius 1 is 0.972 bits per heavy atom. The Bertz CT molecular complexity index is 1140. The molecule has 0 bridgehead atoms. The number of nitrogens with one attached hydrogen (secondary N) is 1. The molecule has 0 aliphatic heterocycles. The number of hydrogen-bond acceptors (Lipinski definition) is 3. The number of amides is 2. The van der Waals surface area contributed by atoms with Crippen LogP contribution in [0.3, 0.4) is 0 Å². The van der Waals surface area contributed by atoms with Crippen molar-refractivity contribution in [2.75, 3.05) is 13.2 Å². The third-order valence-corrected chi connectivity index (χ3v) is 6.88. The van der Waals surface area contributed by atoms with Crippen LogP contribution >= 0.6 is 39.1 Å². The summed E-state index contributed by atoms with van der Waals surface area (Å²) in [5, 5.41) is 3.81. The molecule has 3 rings (SSSR count). The second kappa shape index (κ2) is 14.3. The van der Waals surface area contributed by atoms with Crippen molar-refractivity contribution in [3.05, 3.63) is 98.4 Å². The fraction of sp³-hybridized carbons (Fsp3) is 0.286. The molecule has 0 saturated heterocycles. The lowest BCUT2D eigenvalue weighted by atomic mass is 10.0. The first-order chi connectivity index (χ1) is 17.4. The molecule has 0 aliphatic carbocycles. The lowest BCUT2D eigenvalue weighted by Gasteiger charge is -2.31. The van der Waals surface area contributed by atoms with Gasteiger partial charge in [-0.15, -0.1) is 0 Å². The molecule has 0 spiro atoms. The van der Waals surface area contributed by atoms with E-state index in [9.17, 15) is 9.59 Å². The van der Waals surface area contributed by atoms with Gasteiger partial charge in [0.25, 0.3) is 5.91 Å². The summed E-state index contributed by atoms with van der Waals surface area (Å²) in [5.74, 6) is 0.0490. The summed E-state index contributed by atoms with van der Waals surface area (Å²) in [6.45, 7) is 2.58.